The van der Waals surface area contributed by atoms with E-state index in [1.165, 1.54) is 18.4 Å². The van der Waals surface area contributed by atoms with Gasteiger partial charge in [0.15, 0.2) is 5.78 Å². The quantitative estimate of drug-likeness (QED) is 0.693. The van der Waals surface area contributed by atoms with Crippen molar-refractivity contribution in [1.82, 2.24) is 0 Å². The molecular weight excluding hydrogens is 376 g/mol. The molecule has 2 amide bonds. The van der Waals surface area contributed by atoms with Crippen LogP contribution in [0.25, 0.3) is 0 Å². The van der Waals surface area contributed by atoms with Crippen LogP contribution in [0.3, 0.4) is 0 Å². The van der Waals surface area contributed by atoms with Gasteiger partial charge in [-0.05, 0) is 50.3 Å². The second kappa shape index (κ2) is 8.56. The number of hydrogen-bond acceptors (Lipinski definition) is 5. The predicted octanol–water partition coefficient (Wildman–Crippen LogP) is 3.64. The Morgan fingerprint density at radius 1 is 1.18 bits per heavy atom. The number of rotatable bonds is 7. The summed E-state index contributed by atoms with van der Waals surface area (Å²) in [4.78, 5) is 38.0. The first-order valence-corrected chi connectivity index (χ1v) is 10.1. The third-order valence-corrected chi connectivity index (χ3v) is 6.11. The molecule has 28 heavy (non-hydrogen) atoms. The van der Waals surface area contributed by atoms with Gasteiger partial charge in [0.2, 0.25) is 5.91 Å². The van der Waals surface area contributed by atoms with Crippen molar-refractivity contribution in [2.45, 2.75) is 45.4 Å². The van der Waals surface area contributed by atoms with E-state index in [1.807, 2.05) is 13.0 Å². The highest BCUT2D eigenvalue weighted by atomic mass is 32.1. The maximum Gasteiger partial charge on any atom is 0.251 e. The van der Waals surface area contributed by atoms with Crippen LogP contribution in [0, 0.1) is 6.92 Å². The summed E-state index contributed by atoms with van der Waals surface area (Å²) in [5.41, 5.74) is 8.37. The minimum atomic E-state index is -0.518. The summed E-state index contributed by atoms with van der Waals surface area (Å²) in [5.74, 6) is -0.481. The minimum Gasteiger partial charge on any atom is -0.496 e. The molecule has 0 saturated heterocycles. The van der Waals surface area contributed by atoms with Crippen LogP contribution in [-0.2, 0) is 17.6 Å². The highest BCUT2D eigenvalue weighted by Gasteiger charge is 2.25. The standard InChI is InChI=1S/C21H24N2O4S/c1-12-7-9-16(27-2)14(11-12)15(24)8-10-18(25)23-21-19(20(22)26)13-5-3-4-6-17(13)28-21/h7,9,11H,3-6,8,10H2,1-2H3,(H2,22,26)(H,23,25). The first kappa shape index (κ1) is 20.1. The highest BCUT2D eigenvalue weighted by Crippen LogP contribution is 2.38. The van der Waals surface area contributed by atoms with Crippen molar-refractivity contribution in [2.24, 2.45) is 5.73 Å². The van der Waals surface area contributed by atoms with Gasteiger partial charge < -0.3 is 15.8 Å². The van der Waals surface area contributed by atoms with Crippen molar-refractivity contribution in [1.29, 1.82) is 0 Å². The highest BCUT2D eigenvalue weighted by molar-refractivity contribution is 7.17. The van der Waals surface area contributed by atoms with Crippen molar-refractivity contribution in [3.63, 3.8) is 0 Å². The second-order valence-electron chi connectivity index (χ2n) is 6.95. The number of primary amides is 1. The molecule has 0 atom stereocenters. The molecule has 148 valence electrons. The maximum atomic E-state index is 12.5. The number of nitrogens with two attached hydrogens (primary N) is 1. The van der Waals surface area contributed by atoms with E-state index in [2.05, 4.69) is 5.32 Å². The summed E-state index contributed by atoms with van der Waals surface area (Å²) in [7, 11) is 1.51. The SMILES string of the molecule is COc1ccc(C)cc1C(=O)CCC(=O)Nc1sc2c(c1C(N)=O)CCCC2. The topological polar surface area (TPSA) is 98.5 Å². The second-order valence-corrected chi connectivity index (χ2v) is 8.06. The van der Waals surface area contributed by atoms with E-state index in [-0.39, 0.29) is 24.5 Å². The molecule has 0 bridgehead atoms. The lowest BCUT2D eigenvalue weighted by Gasteiger charge is -2.11. The number of aryl methyl sites for hydroxylation is 2. The number of nitrogens with one attached hydrogen (secondary N) is 1. The van der Waals surface area contributed by atoms with Crippen molar-refractivity contribution < 1.29 is 19.1 Å². The monoisotopic (exact) mass is 400 g/mol. The average molecular weight is 401 g/mol. The van der Waals surface area contributed by atoms with Crippen molar-refractivity contribution >= 4 is 33.9 Å². The molecule has 1 aliphatic rings. The molecule has 7 heteroatoms. The molecule has 0 aliphatic heterocycles. The fraction of sp³-hybridized carbons (Fsp3) is 0.381. The Bertz CT molecular complexity index is 933. The summed E-state index contributed by atoms with van der Waals surface area (Å²) < 4.78 is 5.24. The zero-order chi connectivity index (χ0) is 20.3. The summed E-state index contributed by atoms with van der Waals surface area (Å²) in [5, 5.41) is 3.30. The molecule has 0 radical (unpaired) electrons. The van der Waals surface area contributed by atoms with E-state index in [1.54, 1.807) is 12.1 Å². The first-order valence-electron chi connectivity index (χ1n) is 9.32. The Hall–Kier alpha value is -2.67. The number of Topliss-reactive ketones (excluding diaryl/α,β-unsaturated/α-hetero) is 1. The Morgan fingerprint density at radius 2 is 1.93 bits per heavy atom. The van der Waals surface area contributed by atoms with Crippen molar-refractivity contribution in [3.8, 4) is 5.75 Å². The summed E-state index contributed by atoms with van der Waals surface area (Å²) >= 11 is 1.42. The Balaban J connectivity index is 1.68. The van der Waals surface area contributed by atoms with Crippen LogP contribution in [0.15, 0.2) is 18.2 Å². The fourth-order valence-electron chi connectivity index (χ4n) is 3.51. The van der Waals surface area contributed by atoms with Crippen LogP contribution < -0.4 is 15.8 Å². The summed E-state index contributed by atoms with van der Waals surface area (Å²) in [6.07, 6.45) is 3.89. The van der Waals surface area contributed by atoms with E-state index in [0.29, 0.717) is 21.9 Å². The van der Waals surface area contributed by atoms with E-state index in [9.17, 15) is 14.4 Å². The van der Waals surface area contributed by atoms with Gasteiger partial charge >= 0.3 is 0 Å². The first-order chi connectivity index (χ1) is 13.4. The van der Waals surface area contributed by atoms with E-state index < -0.39 is 5.91 Å². The number of ketones is 1. The Kier molecular flexibility index (Phi) is 6.14. The number of carbonyl (C=O) groups excluding carboxylic acids is 3. The summed E-state index contributed by atoms with van der Waals surface area (Å²) in [6, 6.07) is 5.38. The lowest BCUT2D eigenvalue weighted by Crippen LogP contribution is -2.19. The van der Waals surface area contributed by atoms with Crippen LogP contribution in [0.2, 0.25) is 0 Å². The van der Waals surface area contributed by atoms with Crippen LogP contribution in [0.1, 0.15) is 62.4 Å². The van der Waals surface area contributed by atoms with Gasteiger partial charge in [-0.15, -0.1) is 11.3 Å². The molecule has 0 spiro atoms. The number of benzene rings is 1. The van der Waals surface area contributed by atoms with Crippen molar-refractivity contribution in [3.05, 3.63) is 45.3 Å². The average Bonchev–Trinajstić information content (AvgIpc) is 3.03. The van der Waals surface area contributed by atoms with Gasteiger partial charge in [-0.3, -0.25) is 14.4 Å². The van der Waals surface area contributed by atoms with E-state index in [4.69, 9.17) is 10.5 Å². The Labute approximate surface area is 168 Å². The molecule has 2 aromatic rings. The van der Waals surface area contributed by atoms with E-state index >= 15 is 0 Å². The number of thiophene rings is 1. The lowest BCUT2D eigenvalue weighted by molar-refractivity contribution is -0.116. The van der Waals surface area contributed by atoms with Gasteiger partial charge in [0.1, 0.15) is 10.8 Å². The van der Waals surface area contributed by atoms with Crippen LogP contribution >= 0.6 is 11.3 Å². The fourth-order valence-corrected chi connectivity index (χ4v) is 4.82. The normalized spacial score (nSPS) is 12.9. The molecule has 3 N–H and O–H groups in total. The third kappa shape index (κ3) is 4.25. The number of amides is 2. The van der Waals surface area contributed by atoms with Crippen LogP contribution in [-0.4, -0.2) is 24.7 Å². The zero-order valence-corrected chi connectivity index (χ0v) is 16.9. The van der Waals surface area contributed by atoms with Crippen LogP contribution in [0.4, 0.5) is 5.00 Å². The number of anilines is 1. The van der Waals surface area contributed by atoms with Gasteiger partial charge in [0.25, 0.3) is 5.91 Å². The number of ether oxygens (including phenoxy) is 1. The molecule has 3 rings (SSSR count). The molecular formula is C21H24N2O4S. The van der Waals surface area contributed by atoms with Gasteiger partial charge in [0, 0.05) is 17.7 Å². The Morgan fingerprint density at radius 3 is 2.64 bits per heavy atom. The molecule has 0 unspecified atom stereocenters. The number of hydrogen-bond donors (Lipinski definition) is 2. The third-order valence-electron chi connectivity index (χ3n) is 4.91. The predicted molar refractivity (Wildman–Crippen MR) is 109 cm³/mol. The van der Waals surface area contributed by atoms with Gasteiger partial charge in [-0.25, -0.2) is 0 Å². The van der Waals surface area contributed by atoms with Gasteiger partial charge in [-0.2, -0.15) is 0 Å². The molecule has 6 nitrogen and oxygen atoms in total. The molecule has 1 heterocycles. The zero-order valence-electron chi connectivity index (χ0n) is 16.1. The molecule has 1 aliphatic carbocycles. The number of fused-ring (bicyclic) bond motifs is 1. The minimum absolute atomic E-state index is 0.0245. The maximum absolute atomic E-state index is 12.5. The van der Waals surface area contributed by atoms with Crippen molar-refractivity contribution in [2.75, 3.05) is 12.4 Å². The van der Waals surface area contributed by atoms with E-state index in [0.717, 1.165) is 41.7 Å². The lowest BCUT2D eigenvalue weighted by atomic mass is 9.95. The summed E-state index contributed by atoms with van der Waals surface area (Å²) in [6.45, 7) is 1.90. The van der Waals surface area contributed by atoms with Crippen LogP contribution in [0.5, 0.6) is 5.75 Å². The largest absolute Gasteiger partial charge is 0.496 e. The van der Waals surface area contributed by atoms with Gasteiger partial charge in [-0.1, -0.05) is 11.6 Å². The molecule has 0 fully saturated rings. The number of methoxy groups -OCH3 is 1. The number of carbonyl (C=O) groups is 3. The smallest absolute Gasteiger partial charge is 0.251 e. The molecule has 0 saturated carbocycles. The molecule has 1 aromatic heterocycles. The molecule has 1 aromatic carbocycles. The van der Waals surface area contributed by atoms with Gasteiger partial charge in [0.05, 0.1) is 18.2 Å².